The first kappa shape index (κ1) is 21.1. The SMILES string of the molecule is CO[NH+](C)CC1CCN(c2ccc(C3=CC=C(n4ncccc4=O)I=C3)cc2)C1C. The summed E-state index contributed by atoms with van der Waals surface area (Å²) in [7, 11) is 3.84. The van der Waals surface area contributed by atoms with Crippen LogP contribution in [0.1, 0.15) is 18.9 Å². The molecule has 30 heavy (non-hydrogen) atoms. The molecule has 3 heterocycles. The van der Waals surface area contributed by atoms with Gasteiger partial charge in [0.1, 0.15) is 10.2 Å². The van der Waals surface area contributed by atoms with Gasteiger partial charge < -0.3 is 4.90 Å². The number of hydrogen-bond donors (Lipinski definition) is 1. The van der Waals surface area contributed by atoms with Crippen LogP contribution in [-0.2, 0) is 4.84 Å². The van der Waals surface area contributed by atoms with Crippen LogP contribution in [0.2, 0.25) is 0 Å². The maximum absolute atomic E-state index is 12.0. The summed E-state index contributed by atoms with van der Waals surface area (Å²) in [4.78, 5) is 19.9. The van der Waals surface area contributed by atoms with Crippen LogP contribution in [0.5, 0.6) is 0 Å². The Kier molecular flexibility index (Phi) is 6.60. The molecule has 2 aromatic rings. The Morgan fingerprint density at radius 1 is 1.23 bits per heavy atom. The highest BCUT2D eigenvalue weighted by Gasteiger charge is 2.33. The number of quaternary nitrogens is 1. The maximum Gasteiger partial charge on any atom is 0.271 e. The molecule has 1 aromatic carbocycles. The van der Waals surface area contributed by atoms with E-state index >= 15 is 0 Å². The third kappa shape index (κ3) is 4.48. The summed E-state index contributed by atoms with van der Waals surface area (Å²) in [5.41, 5.74) is 3.65. The molecule has 3 unspecified atom stereocenters. The topological polar surface area (TPSA) is 51.8 Å². The molecule has 0 spiro atoms. The zero-order valence-electron chi connectivity index (χ0n) is 17.6. The molecule has 158 valence electrons. The van der Waals surface area contributed by atoms with Gasteiger partial charge in [-0.05, 0) is 52.8 Å². The molecule has 0 bridgehead atoms. The standard InChI is InChI=1S/C23H27IN4O2/c1-17-20(16-26(2)30-3)12-14-27(17)21-9-6-18(7-10-21)19-8-11-22(24-15-19)28-23(29)5-4-13-25-28/h4-11,13,15,17,20H,12,14,16H2,1-3H3/p+1. The molecule has 4 rings (SSSR count). The third-order valence-electron chi connectivity index (χ3n) is 5.95. The van der Waals surface area contributed by atoms with Gasteiger partial charge in [-0.2, -0.15) is 14.8 Å². The van der Waals surface area contributed by atoms with Crippen LogP contribution >= 0.6 is 20.7 Å². The number of aromatic nitrogens is 2. The second-order valence-corrected chi connectivity index (χ2v) is 10.1. The minimum Gasteiger partial charge on any atom is -0.368 e. The van der Waals surface area contributed by atoms with Crippen LogP contribution in [0.4, 0.5) is 5.69 Å². The van der Waals surface area contributed by atoms with Crippen molar-refractivity contribution in [3.05, 3.63) is 70.7 Å². The Bertz CT molecular complexity index is 1040. The van der Waals surface area contributed by atoms with Crippen molar-refractivity contribution in [1.29, 1.82) is 0 Å². The van der Waals surface area contributed by atoms with E-state index in [9.17, 15) is 4.79 Å². The lowest BCUT2D eigenvalue weighted by Gasteiger charge is -2.27. The molecular weight excluding hydrogens is 491 g/mol. The number of rotatable bonds is 6. The maximum atomic E-state index is 12.0. The monoisotopic (exact) mass is 519 g/mol. The molecule has 7 heteroatoms. The number of benzene rings is 1. The van der Waals surface area contributed by atoms with Crippen molar-refractivity contribution in [2.45, 2.75) is 19.4 Å². The minimum absolute atomic E-state index is 0.0746. The van der Waals surface area contributed by atoms with Crippen molar-refractivity contribution in [3.63, 3.8) is 0 Å². The summed E-state index contributed by atoms with van der Waals surface area (Å²) in [6, 6.07) is 12.6. The Labute approximate surface area is 187 Å². The van der Waals surface area contributed by atoms with Crippen molar-refractivity contribution in [3.8, 4) is 0 Å². The van der Waals surface area contributed by atoms with Gasteiger partial charge in [0, 0.05) is 36.5 Å². The molecule has 2 aliphatic heterocycles. The minimum atomic E-state index is -0.410. The lowest BCUT2D eigenvalue weighted by molar-refractivity contribution is -1.07. The van der Waals surface area contributed by atoms with E-state index in [1.807, 2.05) is 6.08 Å². The largest absolute Gasteiger partial charge is 0.368 e. The number of nitrogens with zero attached hydrogens (tertiary/aromatic N) is 3. The van der Waals surface area contributed by atoms with Crippen LogP contribution in [0.15, 0.2) is 59.5 Å². The number of allylic oxidation sites excluding steroid dienone is 3. The van der Waals surface area contributed by atoms with Gasteiger partial charge >= 0.3 is 0 Å². The molecule has 1 saturated heterocycles. The van der Waals surface area contributed by atoms with E-state index in [1.54, 1.807) is 25.4 Å². The number of hydroxylamine groups is 2. The van der Waals surface area contributed by atoms with Gasteiger partial charge in [0.25, 0.3) is 5.56 Å². The van der Waals surface area contributed by atoms with E-state index in [1.165, 1.54) is 27.9 Å². The second kappa shape index (κ2) is 9.36. The quantitative estimate of drug-likeness (QED) is 0.470. The number of anilines is 1. The van der Waals surface area contributed by atoms with E-state index < -0.39 is 20.7 Å². The molecule has 3 atom stereocenters. The van der Waals surface area contributed by atoms with Gasteiger partial charge in [-0.25, -0.2) is 4.84 Å². The van der Waals surface area contributed by atoms with E-state index in [0.717, 1.165) is 21.9 Å². The first-order chi connectivity index (χ1) is 14.6. The summed E-state index contributed by atoms with van der Waals surface area (Å²) in [6.07, 6.45) is 6.98. The van der Waals surface area contributed by atoms with Crippen molar-refractivity contribution in [2.24, 2.45) is 5.92 Å². The lowest BCUT2D eigenvalue weighted by atomic mass is 10.0. The predicted molar refractivity (Wildman–Crippen MR) is 131 cm³/mol. The average molecular weight is 519 g/mol. The van der Waals surface area contributed by atoms with Crippen LogP contribution in [0.3, 0.4) is 0 Å². The second-order valence-electron chi connectivity index (χ2n) is 7.74. The highest BCUT2D eigenvalue weighted by atomic mass is 127. The predicted octanol–water partition coefficient (Wildman–Crippen LogP) is 2.20. The van der Waals surface area contributed by atoms with E-state index in [2.05, 4.69) is 58.3 Å². The summed E-state index contributed by atoms with van der Waals surface area (Å²) >= 11 is -0.410. The van der Waals surface area contributed by atoms with Gasteiger partial charge in [-0.3, -0.25) is 4.79 Å². The number of halogens is 1. The fourth-order valence-corrected chi connectivity index (χ4v) is 6.31. The van der Waals surface area contributed by atoms with Gasteiger partial charge in [0.2, 0.25) is 0 Å². The van der Waals surface area contributed by atoms with E-state index in [0.29, 0.717) is 12.0 Å². The highest BCUT2D eigenvalue weighted by Crippen LogP contribution is 2.31. The molecule has 6 nitrogen and oxygen atoms in total. The zero-order valence-corrected chi connectivity index (χ0v) is 19.7. The molecule has 0 aliphatic carbocycles. The molecular formula is C23H28IN4O2+. The van der Waals surface area contributed by atoms with Crippen LogP contribution in [-0.4, -0.2) is 47.1 Å². The molecule has 1 N–H and O–H groups in total. The van der Waals surface area contributed by atoms with Crippen molar-refractivity contribution in [2.75, 3.05) is 32.1 Å². The average Bonchev–Trinajstić information content (AvgIpc) is 3.14. The van der Waals surface area contributed by atoms with Gasteiger partial charge in [0.05, 0.1) is 14.2 Å². The van der Waals surface area contributed by atoms with E-state index in [4.69, 9.17) is 4.84 Å². The number of nitrogens with one attached hydrogen (secondary N) is 1. The van der Waals surface area contributed by atoms with Crippen LogP contribution in [0, 0.1) is 5.92 Å². The van der Waals surface area contributed by atoms with Crippen molar-refractivity contribution in [1.82, 2.24) is 9.78 Å². The Morgan fingerprint density at radius 3 is 2.70 bits per heavy atom. The van der Waals surface area contributed by atoms with Gasteiger partial charge in [-0.15, -0.1) is 0 Å². The van der Waals surface area contributed by atoms with Gasteiger partial charge in [0.15, 0.2) is 0 Å². The normalized spacial score (nSPS) is 22.3. The Hall–Kier alpha value is -2.10. The first-order valence-electron chi connectivity index (χ1n) is 10.2. The lowest BCUT2D eigenvalue weighted by Crippen LogP contribution is -3.08. The Morgan fingerprint density at radius 2 is 2.03 bits per heavy atom. The molecule has 1 aromatic heterocycles. The van der Waals surface area contributed by atoms with Crippen molar-refractivity contribution < 1.29 is 9.90 Å². The molecule has 0 amide bonds. The van der Waals surface area contributed by atoms with Gasteiger partial charge in [-0.1, -0.05) is 38.9 Å². The fourth-order valence-electron chi connectivity index (χ4n) is 4.08. The smallest absolute Gasteiger partial charge is 0.271 e. The van der Waals surface area contributed by atoms with Crippen LogP contribution in [0.25, 0.3) is 9.28 Å². The van der Waals surface area contributed by atoms with E-state index in [-0.39, 0.29) is 5.56 Å². The number of hydrogen-bond acceptors (Lipinski definition) is 4. The fraction of sp³-hybridized carbons (Fsp3) is 0.348. The summed E-state index contributed by atoms with van der Waals surface area (Å²) in [6.45, 7) is 4.45. The zero-order chi connectivity index (χ0) is 21.1. The highest BCUT2D eigenvalue weighted by molar-refractivity contribution is 14.2. The van der Waals surface area contributed by atoms with Crippen LogP contribution < -0.4 is 15.5 Å². The molecule has 0 saturated carbocycles. The third-order valence-corrected chi connectivity index (χ3v) is 8.38. The Balaban J connectivity index is 1.47. The van der Waals surface area contributed by atoms with Crippen molar-refractivity contribution >= 4 is 39.7 Å². The summed E-state index contributed by atoms with van der Waals surface area (Å²) in [5.74, 6) is 0.641. The first-order valence-corrected chi connectivity index (χ1v) is 12.6. The molecule has 2 aliphatic rings. The summed E-state index contributed by atoms with van der Waals surface area (Å²) in [5, 5.41) is 5.31. The molecule has 0 radical (unpaired) electrons. The summed E-state index contributed by atoms with van der Waals surface area (Å²) < 4.78 is 4.77. The molecule has 1 fully saturated rings.